The Bertz CT molecular complexity index is 838. The first-order valence-corrected chi connectivity index (χ1v) is 10.6. The second-order valence-electron chi connectivity index (χ2n) is 6.75. The Balaban J connectivity index is 1.65. The third-order valence-corrected chi connectivity index (χ3v) is 5.96. The van der Waals surface area contributed by atoms with Crippen LogP contribution in [0.1, 0.15) is 25.3 Å². The van der Waals surface area contributed by atoms with Gasteiger partial charge in [0.15, 0.2) is 22.5 Å². The molecule has 2 N–H and O–H groups in total. The minimum Gasteiger partial charge on any atom is -0.479 e. The molecule has 2 atom stereocenters. The highest BCUT2D eigenvalue weighted by Gasteiger charge is 2.29. The van der Waals surface area contributed by atoms with Crippen LogP contribution in [0, 0.1) is 12.8 Å². The maximum Gasteiger partial charge on any atom is 0.347 e. The Morgan fingerprint density at radius 3 is 2.57 bits per heavy atom. The summed E-state index contributed by atoms with van der Waals surface area (Å²) >= 11 is 0. The Morgan fingerprint density at radius 2 is 1.93 bits per heavy atom. The van der Waals surface area contributed by atoms with Crippen LogP contribution < -0.4 is 15.6 Å². The molecule has 0 aliphatic carbocycles. The highest BCUT2D eigenvalue weighted by molar-refractivity contribution is 7.91. The number of hydrogen-bond acceptors (Lipinski definition) is 7. The van der Waals surface area contributed by atoms with Crippen LogP contribution in [0.5, 0.6) is 5.75 Å². The normalized spacial score (nSPS) is 18.7. The molecule has 10 heteroatoms. The third kappa shape index (κ3) is 7.18. The van der Waals surface area contributed by atoms with Crippen molar-refractivity contribution in [2.45, 2.75) is 32.8 Å². The van der Waals surface area contributed by atoms with Crippen LogP contribution in [0.2, 0.25) is 0 Å². The zero-order valence-electron chi connectivity index (χ0n) is 15.8. The fraction of sp³-hybridized carbons (Fsp3) is 0.500. The van der Waals surface area contributed by atoms with Crippen molar-refractivity contribution in [1.82, 2.24) is 10.9 Å². The van der Waals surface area contributed by atoms with Crippen molar-refractivity contribution in [3.63, 3.8) is 0 Å². The quantitative estimate of drug-likeness (QED) is 0.486. The molecule has 1 aromatic carbocycles. The zero-order valence-corrected chi connectivity index (χ0v) is 16.6. The van der Waals surface area contributed by atoms with Crippen molar-refractivity contribution in [2.75, 3.05) is 18.1 Å². The first kappa shape index (κ1) is 21.7. The molecule has 2 rings (SSSR count). The number of carbonyl (C=O) groups is 3. The second-order valence-corrected chi connectivity index (χ2v) is 8.98. The summed E-state index contributed by atoms with van der Waals surface area (Å²) in [7, 11) is -3.06. The van der Waals surface area contributed by atoms with Gasteiger partial charge in [-0.05, 0) is 43.9 Å². The zero-order chi connectivity index (χ0) is 20.7. The summed E-state index contributed by atoms with van der Waals surface area (Å²) in [5.41, 5.74) is 5.28. The number of rotatable bonds is 7. The van der Waals surface area contributed by atoms with E-state index in [1.54, 1.807) is 18.2 Å². The molecule has 1 aliphatic rings. The third-order valence-electron chi connectivity index (χ3n) is 4.12. The number of amides is 2. The van der Waals surface area contributed by atoms with E-state index < -0.39 is 40.3 Å². The average molecular weight is 412 g/mol. The predicted octanol–water partition coefficient (Wildman–Crippen LogP) is 0.278. The van der Waals surface area contributed by atoms with Gasteiger partial charge >= 0.3 is 5.97 Å². The fourth-order valence-corrected chi connectivity index (χ4v) is 4.58. The van der Waals surface area contributed by atoms with Crippen LogP contribution in [0.3, 0.4) is 0 Å². The molecule has 1 fully saturated rings. The summed E-state index contributed by atoms with van der Waals surface area (Å²) in [6.07, 6.45) is -0.477. The van der Waals surface area contributed by atoms with Gasteiger partial charge in [-0.3, -0.25) is 20.4 Å². The van der Waals surface area contributed by atoms with E-state index in [0.29, 0.717) is 12.2 Å². The van der Waals surface area contributed by atoms with Crippen LogP contribution >= 0.6 is 0 Å². The maximum absolute atomic E-state index is 11.9. The van der Waals surface area contributed by atoms with Gasteiger partial charge in [-0.25, -0.2) is 13.2 Å². The molecule has 9 nitrogen and oxygen atoms in total. The van der Waals surface area contributed by atoms with Crippen molar-refractivity contribution >= 4 is 27.6 Å². The predicted molar refractivity (Wildman–Crippen MR) is 99.9 cm³/mol. The molecule has 0 radical (unpaired) electrons. The van der Waals surface area contributed by atoms with Crippen molar-refractivity contribution < 1.29 is 32.3 Å². The molecular formula is C18H24N2O7S. The molecule has 0 spiro atoms. The number of esters is 1. The Kier molecular flexibility index (Phi) is 7.38. The van der Waals surface area contributed by atoms with Gasteiger partial charge in [0, 0.05) is 6.42 Å². The topological polar surface area (TPSA) is 128 Å². The number of ether oxygens (including phenoxy) is 2. The van der Waals surface area contributed by atoms with E-state index in [0.717, 1.165) is 5.56 Å². The van der Waals surface area contributed by atoms with Crippen molar-refractivity contribution in [3.05, 3.63) is 29.8 Å². The van der Waals surface area contributed by atoms with Gasteiger partial charge in [0.1, 0.15) is 5.75 Å². The molecule has 0 bridgehead atoms. The van der Waals surface area contributed by atoms with Gasteiger partial charge in [0.05, 0.1) is 11.5 Å². The fourth-order valence-electron chi connectivity index (χ4n) is 2.72. The summed E-state index contributed by atoms with van der Waals surface area (Å²) in [5.74, 6) is -1.63. The van der Waals surface area contributed by atoms with E-state index >= 15 is 0 Å². The number of hydrazine groups is 1. The van der Waals surface area contributed by atoms with Crippen LogP contribution in [0.25, 0.3) is 0 Å². The number of carbonyl (C=O) groups excluding carboxylic acids is 3. The first-order chi connectivity index (χ1) is 13.1. The molecule has 0 unspecified atom stereocenters. The number of benzene rings is 1. The Hall–Kier alpha value is -2.62. The highest BCUT2D eigenvalue weighted by Crippen LogP contribution is 2.21. The lowest BCUT2D eigenvalue weighted by Crippen LogP contribution is -2.44. The van der Waals surface area contributed by atoms with Crippen molar-refractivity contribution in [3.8, 4) is 5.75 Å². The largest absolute Gasteiger partial charge is 0.479 e. The maximum atomic E-state index is 11.9. The van der Waals surface area contributed by atoms with Gasteiger partial charge in [-0.15, -0.1) is 0 Å². The van der Waals surface area contributed by atoms with E-state index in [2.05, 4.69) is 10.9 Å². The number of aryl methyl sites for hydroxylation is 1. The molecule has 1 saturated heterocycles. The van der Waals surface area contributed by atoms with Crippen LogP contribution in [-0.2, 0) is 29.0 Å². The lowest BCUT2D eigenvalue weighted by Gasteiger charge is -2.14. The van der Waals surface area contributed by atoms with Gasteiger partial charge in [-0.1, -0.05) is 12.1 Å². The van der Waals surface area contributed by atoms with Crippen molar-refractivity contribution in [2.24, 2.45) is 5.92 Å². The minimum absolute atomic E-state index is 0.000659. The summed E-state index contributed by atoms with van der Waals surface area (Å²) in [6.45, 7) is 2.80. The lowest BCUT2D eigenvalue weighted by molar-refractivity contribution is -0.155. The summed E-state index contributed by atoms with van der Waals surface area (Å²) in [4.78, 5) is 35.3. The Labute approximate surface area is 163 Å². The highest BCUT2D eigenvalue weighted by atomic mass is 32.2. The standard InChI is InChI=1S/C18H24N2O7S/c1-12-4-3-5-15(8-12)27-13(2)18(23)26-10-17(22)20-19-16(21)9-14-6-7-28(24,25)11-14/h3-5,8,13-14H,6-7,9-11H2,1-2H3,(H,19,21)(H,20,22)/t13-,14+/m1/s1. The molecule has 0 saturated carbocycles. The molecule has 1 aromatic rings. The molecule has 2 amide bonds. The molecule has 1 heterocycles. The number of nitrogens with one attached hydrogen (secondary N) is 2. The van der Waals surface area contributed by atoms with E-state index in [9.17, 15) is 22.8 Å². The molecular weight excluding hydrogens is 388 g/mol. The molecule has 1 aliphatic heterocycles. The van der Waals surface area contributed by atoms with Crippen LogP contribution in [-0.4, -0.2) is 50.4 Å². The van der Waals surface area contributed by atoms with E-state index in [4.69, 9.17) is 9.47 Å². The van der Waals surface area contributed by atoms with E-state index in [1.165, 1.54) is 6.92 Å². The van der Waals surface area contributed by atoms with E-state index in [1.807, 2.05) is 13.0 Å². The smallest absolute Gasteiger partial charge is 0.347 e. The Morgan fingerprint density at radius 1 is 1.21 bits per heavy atom. The van der Waals surface area contributed by atoms with Gasteiger partial charge < -0.3 is 9.47 Å². The van der Waals surface area contributed by atoms with Crippen molar-refractivity contribution in [1.29, 1.82) is 0 Å². The number of sulfone groups is 1. The van der Waals surface area contributed by atoms with E-state index in [-0.39, 0.29) is 23.8 Å². The SMILES string of the molecule is Cc1cccc(O[C@H](C)C(=O)OCC(=O)NNC(=O)C[C@@H]2CCS(=O)(=O)C2)c1. The second kappa shape index (κ2) is 9.54. The summed E-state index contributed by atoms with van der Waals surface area (Å²) < 4.78 is 33.0. The van der Waals surface area contributed by atoms with Crippen LogP contribution in [0.15, 0.2) is 24.3 Å². The lowest BCUT2D eigenvalue weighted by atomic mass is 10.1. The minimum atomic E-state index is -3.06. The number of hydrogen-bond donors (Lipinski definition) is 2. The van der Waals surface area contributed by atoms with Gasteiger partial charge in [-0.2, -0.15) is 0 Å². The van der Waals surface area contributed by atoms with Gasteiger partial charge in [0.2, 0.25) is 5.91 Å². The molecule has 28 heavy (non-hydrogen) atoms. The van der Waals surface area contributed by atoms with Crippen LogP contribution in [0.4, 0.5) is 0 Å². The van der Waals surface area contributed by atoms with Gasteiger partial charge in [0.25, 0.3) is 5.91 Å². The summed E-state index contributed by atoms with van der Waals surface area (Å²) in [5, 5.41) is 0. The first-order valence-electron chi connectivity index (χ1n) is 8.82. The molecule has 154 valence electrons. The average Bonchev–Trinajstić information content (AvgIpc) is 2.96. The monoisotopic (exact) mass is 412 g/mol. The molecule has 0 aromatic heterocycles. The summed E-state index contributed by atoms with van der Waals surface area (Å²) in [6, 6.07) is 7.15.